The van der Waals surface area contributed by atoms with Crippen molar-refractivity contribution in [1.29, 1.82) is 0 Å². The molecule has 1 amide bonds. The predicted molar refractivity (Wildman–Crippen MR) is 103 cm³/mol. The lowest BCUT2D eigenvalue weighted by molar-refractivity contribution is 0.0512. The number of aryl methyl sites for hydroxylation is 1. The smallest absolute Gasteiger partial charge is 0.407 e. The number of phenolic OH excluding ortho intramolecular Hbond substituents is 1. The Kier molecular flexibility index (Phi) is 5.50. The molecule has 0 saturated heterocycles. The van der Waals surface area contributed by atoms with Crippen molar-refractivity contribution < 1.29 is 19.4 Å². The van der Waals surface area contributed by atoms with E-state index in [1.54, 1.807) is 7.11 Å². The van der Waals surface area contributed by atoms with Crippen LogP contribution in [-0.4, -0.2) is 30.5 Å². The minimum absolute atomic E-state index is 0.0532. The lowest BCUT2D eigenvalue weighted by Gasteiger charge is -2.49. The highest BCUT2D eigenvalue weighted by Crippen LogP contribution is 2.53. The van der Waals surface area contributed by atoms with Gasteiger partial charge in [-0.2, -0.15) is 0 Å². The van der Waals surface area contributed by atoms with Crippen LogP contribution in [0.25, 0.3) is 0 Å². The molecule has 146 valence electrons. The average molecular weight is 363 g/mol. The predicted octanol–water partition coefficient (Wildman–Crippen LogP) is 4.55. The van der Waals surface area contributed by atoms with Crippen molar-refractivity contribution in [3.8, 4) is 11.5 Å². The van der Waals surface area contributed by atoms with Gasteiger partial charge in [-0.3, -0.25) is 0 Å². The van der Waals surface area contributed by atoms with Crippen molar-refractivity contribution in [2.45, 2.75) is 71.8 Å². The summed E-state index contributed by atoms with van der Waals surface area (Å²) < 4.78 is 10.7. The third kappa shape index (κ3) is 4.08. The van der Waals surface area contributed by atoms with E-state index in [4.69, 9.17) is 9.47 Å². The van der Waals surface area contributed by atoms with Crippen LogP contribution in [0.3, 0.4) is 0 Å². The molecule has 2 rings (SSSR count). The highest BCUT2D eigenvalue weighted by molar-refractivity contribution is 5.67. The van der Waals surface area contributed by atoms with Gasteiger partial charge < -0.3 is 19.9 Å². The third-order valence-electron chi connectivity index (χ3n) is 5.81. The molecule has 1 aliphatic rings. The fourth-order valence-electron chi connectivity index (χ4n) is 3.79. The molecule has 1 aromatic rings. The molecule has 1 aromatic carbocycles. The summed E-state index contributed by atoms with van der Waals surface area (Å²) in [6.07, 6.45) is 2.34. The maximum atomic E-state index is 12.0. The van der Waals surface area contributed by atoms with Gasteiger partial charge in [0.25, 0.3) is 0 Å². The number of carbonyl (C=O) groups is 1. The first-order valence-corrected chi connectivity index (χ1v) is 9.27. The Labute approximate surface area is 157 Å². The van der Waals surface area contributed by atoms with E-state index >= 15 is 0 Å². The van der Waals surface area contributed by atoms with E-state index in [0.717, 1.165) is 24.8 Å². The molecule has 2 N–H and O–H groups in total. The van der Waals surface area contributed by atoms with Crippen molar-refractivity contribution in [1.82, 2.24) is 5.32 Å². The second kappa shape index (κ2) is 7.01. The first-order valence-electron chi connectivity index (χ1n) is 9.27. The van der Waals surface area contributed by atoms with Crippen LogP contribution in [0, 0.1) is 5.41 Å². The van der Waals surface area contributed by atoms with Gasteiger partial charge in [0.2, 0.25) is 0 Å². The van der Waals surface area contributed by atoms with Gasteiger partial charge >= 0.3 is 6.09 Å². The summed E-state index contributed by atoms with van der Waals surface area (Å²) >= 11 is 0. The molecule has 0 spiro atoms. The first kappa shape index (κ1) is 20.4. The summed E-state index contributed by atoms with van der Waals surface area (Å²) in [5, 5.41) is 13.0. The number of aromatic hydroxyl groups is 1. The van der Waals surface area contributed by atoms with Crippen molar-refractivity contribution in [2.75, 3.05) is 13.7 Å². The van der Waals surface area contributed by atoms with Crippen LogP contribution in [0.4, 0.5) is 4.79 Å². The van der Waals surface area contributed by atoms with Crippen LogP contribution >= 0.6 is 0 Å². The van der Waals surface area contributed by atoms with Gasteiger partial charge in [0.1, 0.15) is 5.60 Å². The molecule has 1 aliphatic carbocycles. The standard InChI is InChI=1S/C21H33NO4/c1-19(2,3)26-18(24)22-11-10-21(6)15-13-17(25-7)16(23)12-14(15)8-9-20(21,4)5/h12-13,23H,8-11H2,1-7H3,(H,22,24). The average Bonchev–Trinajstić information content (AvgIpc) is 2.49. The Morgan fingerprint density at radius 2 is 1.92 bits per heavy atom. The van der Waals surface area contributed by atoms with Crippen LogP contribution in [0.5, 0.6) is 11.5 Å². The number of methoxy groups -OCH3 is 1. The van der Waals surface area contributed by atoms with E-state index in [1.807, 2.05) is 32.9 Å². The number of carbonyl (C=O) groups excluding carboxylic acids is 1. The van der Waals surface area contributed by atoms with E-state index < -0.39 is 11.7 Å². The van der Waals surface area contributed by atoms with Gasteiger partial charge in [-0.1, -0.05) is 20.8 Å². The number of hydrogen-bond donors (Lipinski definition) is 2. The molecule has 5 heteroatoms. The minimum atomic E-state index is -0.504. The van der Waals surface area contributed by atoms with Crippen LogP contribution in [-0.2, 0) is 16.6 Å². The Morgan fingerprint density at radius 1 is 1.27 bits per heavy atom. The maximum absolute atomic E-state index is 12.0. The Balaban J connectivity index is 2.24. The molecule has 26 heavy (non-hydrogen) atoms. The second-order valence-corrected chi connectivity index (χ2v) is 9.08. The van der Waals surface area contributed by atoms with Crippen LogP contribution in [0.1, 0.15) is 65.5 Å². The fraction of sp³-hybridized carbons (Fsp3) is 0.667. The van der Waals surface area contributed by atoms with Gasteiger partial charge in [-0.15, -0.1) is 0 Å². The zero-order chi connectivity index (χ0) is 19.8. The SMILES string of the molecule is COc1cc2c(cc1O)CCC(C)(C)C2(C)CCNC(=O)OC(C)(C)C. The van der Waals surface area contributed by atoms with E-state index in [0.29, 0.717) is 12.3 Å². The molecule has 0 fully saturated rings. The van der Waals surface area contributed by atoms with Crippen LogP contribution < -0.4 is 10.1 Å². The van der Waals surface area contributed by atoms with Gasteiger partial charge in [0, 0.05) is 6.54 Å². The molecule has 0 aliphatic heterocycles. The molecule has 1 atom stereocenters. The van der Waals surface area contributed by atoms with E-state index in [1.165, 1.54) is 5.56 Å². The molecule has 0 heterocycles. The van der Waals surface area contributed by atoms with Crippen molar-refractivity contribution >= 4 is 6.09 Å². The number of phenols is 1. The number of amides is 1. The molecular weight excluding hydrogens is 330 g/mol. The molecule has 0 bridgehead atoms. The monoisotopic (exact) mass is 363 g/mol. The summed E-state index contributed by atoms with van der Waals surface area (Å²) in [6.45, 7) is 12.9. The highest BCUT2D eigenvalue weighted by Gasteiger charge is 2.46. The molecule has 5 nitrogen and oxygen atoms in total. The third-order valence-corrected chi connectivity index (χ3v) is 5.81. The Bertz CT molecular complexity index is 675. The van der Waals surface area contributed by atoms with Gasteiger partial charge in [0.15, 0.2) is 11.5 Å². The fourth-order valence-corrected chi connectivity index (χ4v) is 3.79. The largest absolute Gasteiger partial charge is 0.504 e. The van der Waals surface area contributed by atoms with E-state index in [2.05, 4.69) is 26.1 Å². The quantitative estimate of drug-likeness (QED) is 0.824. The number of rotatable bonds is 4. The number of ether oxygens (including phenoxy) is 2. The number of benzene rings is 1. The van der Waals surface area contributed by atoms with Crippen LogP contribution in [0.2, 0.25) is 0 Å². The molecule has 0 saturated carbocycles. The molecule has 0 radical (unpaired) electrons. The second-order valence-electron chi connectivity index (χ2n) is 9.08. The van der Waals surface area contributed by atoms with Crippen molar-refractivity contribution in [3.63, 3.8) is 0 Å². The Morgan fingerprint density at radius 3 is 2.50 bits per heavy atom. The van der Waals surface area contributed by atoms with Crippen molar-refractivity contribution in [3.05, 3.63) is 23.3 Å². The minimum Gasteiger partial charge on any atom is -0.504 e. The number of hydrogen-bond acceptors (Lipinski definition) is 4. The normalized spacial score (nSPS) is 21.7. The number of nitrogens with one attached hydrogen (secondary N) is 1. The van der Waals surface area contributed by atoms with Crippen LogP contribution in [0.15, 0.2) is 12.1 Å². The first-order chi connectivity index (χ1) is 11.9. The summed E-state index contributed by atoms with van der Waals surface area (Å²) in [5.74, 6) is 0.674. The zero-order valence-electron chi connectivity index (χ0n) is 17.2. The highest BCUT2D eigenvalue weighted by atomic mass is 16.6. The molecular formula is C21H33NO4. The summed E-state index contributed by atoms with van der Waals surface area (Å²) in [5.41, 5.74) is 1.74. The number of alkyl carbamates (subject to hydrolysis) is 1. The maximum Gasteiger partial charge on any atom is 0.407 e. The number of fused-ring (bicyclic) bond motifs is 1. The van der Waals surface area contributed by atoms with Gasteiger partial charge in [0.05, 0.1) is 7.11 Å². The van der Waals surface area contributed by atoms with E-state index in [-0.39, 0.29) is 16.6 Å². The summed E-state index contributed by atoms with van der Waals surface area (Å²) in [6, 6.07) is 3.78. The van der Waals surface area contributed by atoms with Gasteiger partial charge in [-0.25, -0.2) is 4.79 Å². The molecule has 0 aromatic heterocycles. The van der Waals surface area contributed by atoms with E-state index in [9.17, 15) is 9.90 Å². The lowest BCUT2D eigenvalue weighted by Crippen LogP contribution is -2.46. The summed E-state index contributed by atoms with van der Waals surface area (Å²) in [4.78, 5) is 12.0. The van der Waals surface area contributed by atoms with Crippen molar-refractivity contribution in [2.24, 2.45) is 5.41 Å². The molecule has 1 unspecified atom stereocenters. The Hall–Kier alpha value is -1.91. The van der Waals surface area contributed by atoms with Gasteiger partial charge in [-0.05, 0) is 74.1 Å². The lowest BCUT2D eigenvalue weighted by atomic mass is 9.55. The summed E-state index contributed by atoms with van der Waals surface area (Å²) in [7, 11) is 1.57. The zero-order valence-corrected chi connectivity index (χ0v) is 17.2. The topological polar surface area (TPSA) is 67.8 Å².